The van der Waals surface area contributed by atoms with Gasteiger partial charge in [-0.3, -0.25) is 19.7 Å². The van der Waals surface area contributed by atoms with Gasteiger partial charge in [0.25, 0.3) is 11.8 Å². The number of β-lactam (4-membered cyclic amide) rings is 1. The molecule has 1 N–H and O–H groups in total. The molecule has 17 heteroatoms. The molecular formula is C26H24N10O5S2. The molecule has 1 saturated heterocycles. The van der Waals surface area contributed by atoms with Gasteiger partial charge in [0.05, 0.1) is 0 Å². The number of hydroxylamine groups is 2. The number of hydrogen-bond donors (Lipinski definition) is 1. The fourth-order valence-corrected chi connectivity index (χ4v) is 7.09. The third-order valence-electron chi connectivity index (χ3n) is 6.81. The second-order valence-corrected chi connectivity index (χ2v) is 11.6. The standard InChI is InChI=1S/C26H24N10O5S2/c1-33-26(28-30-31-33)43-14-18-13-42-24-21(36(40)19(37)12-34-15-27-29-32-34)23(38)35(24)20(18)25(39)41-22(16-8-4-2-5-9-16)17-10-6-3-7-11-17/h2-11,15,21-22,24,40H,12-14H2,1H3/t21?,24-/m1/s1. The Morgan fingerprint density at radius 3 is 2.40 bits per heavy atom. The number of fused-ring (bicyclic) bond motifs is 1. The zero-order valence-corrected chi connectivity index (χ0v) is 24.2. The maximum absolute atomic E-state index is 14.0. The molecule has 2 aliphatic rings. The van der Waals surface area contributed by atoms with Crippen molar-refractivity contribution in [1.82, 2.24) is 50.4 Å². The number of thioether (sulfide) groups is 2. The van der Waals surface area contributed by atoms with Gasteiger partial charge in [0.15, 0.2) is 12.1 Å². The molecule has 2 amide bonds. The van der Waals surface area contributed by atoms with Crippen LogP contribution in [0, 0.1) is 0 Å². The molecule has 4 aromatic rings. The lowest BCUT2D eigenvalue weighted by atomic mass is 10.0. The average molecular weight is 621 g/mol. The van der Waals surface area contributed by atoms with Crippen molar-refractivity contribution in [1.29, 1.82) is 0 Å². The summed E-state index contributed by atoms with van der Waals surface area (Å²) < 4.78 is 8.78. The maximum atomic E-state index is 14.0. The van der Waals surface area contributed by atoms with E-state index in [4.69, 9.17) is 4.74 Å². The first-order valence-electron chi connectivity index (χ1n) is 13.0. The van der Waals surface area contributed by atoms with Crippen LogP contribution < -0.4 is 0 Å². The average Bonchev–Trinajstić information content (AvgIpc) is 3.70. The van der Waals surface area contributed by atoms with Gasteiger partial charge < -0.3 is 4.74 Å². The molecule has 2 aromatic heterocycles. The molecule has 2 aromatic carbocycles. The van der Waals surface area contributed by atoms with Gasteiger partial charge in [-0.05, 0) is 37.6 Å². The number of tetrazole rings is 2. The molecule has 1 unspecified atom stereocenters. The molecule has 0 bridgehead atoms. The highest BCUT2D eigenvalue weighted by atomic mass is 32.2. The molecule has 1 fully saturated rings. The molecule has 220 valence electrons. The van der Waals surface area contributed by atoms with Gasteiger partial charge in [-0.2, -0.15) is 0 Å². The Bertz CT molecular complexity index is 1610. The van der Waals surface area contributed by atoms with Gasteiger partial charge in [-0.25, -0.2) is 19.2 Å². The summed E-state index contributed by atoms with van der Waals surface area (Å²) in [6.07, 6.45) is 0.478. The van der Waals surface area contributed by atoms with Crippen LogP contribution in [0.3, 0.4) is 0 Å². The third kappa shape index (κ3) is 5.73. The summed E-state index contributed by atoms with van der Waals surface area (Å²) in [4.78, 5) is 41.6. The van der Waals surface area contributed by atoms with E-state index < -0.39 is 35.3 Å². The molecule has 2 atom stereocenters. The van der Waals surface area contributed by atoms with Crippen molar-refractivity contribution in [3.05, 3.63) is 89.4 Å². The number of benzene rings is 2. The minimum atomic E-state index is -1.20. The van der Waals surface area contributed by atoms with E-state index in [0.29, 0.717) is 27.3 Å². The molecule has 0 spiro atoms. The van der Waals surface area contributed by atoms with Gasteiger partial charge in [0, 0.05) is 18.6 Å². The number of amides is 2. The molecule has 4 heterocycles. The highest BCUT2D eigenvalue weighted by molar-refractivity contribution is 8.01. The van der Waals surface area contributed by atoms with Gasteiger partial charge >= 0.3 is 5.97 Å². The SMILES string of the molecule is Cn1nnnc1SCC1=C(C(=O)OC(c2ccccc2)c2ccccc2)N2C(=O)C(N(O)C(=O)Cn3cnnn3)[C@H]2SC1. The molecule has 0 saturated carbocycles. The summed E-state index contributed by atoms with van der Waals surface area (Å²) in [6, 6.07) is 17.4. The summed E-state index contributed by atoms with van der Waals surface area (Å²) in [5.74, 6) is -1.45. The highest BCUT2D eigenvalue weighted by Gasteiger charge is 2.57. The Kier molecular flexibility index (Phi) is 8.17. The van der Waals surface area contributed by atoms with E-state index in [2.05, 4.69) is 31.1 Å². The van der Waals surface area contributed by atoms with E-state index >= 15 is 0 Å². The van der Waals surface area contributed by atoms with E-state index in [1.165, 1.54) is 39.4 Å². The van der Waals surface area contributed by atoms with Gasteiger partial charge in [0.1, 0.15) is 23.9 Å². The minimum Gasteiger partial charge on any atom is -0.448 e. The number of nitrogens with zero attached hydrogens (tertiary/aromatic N) is 10. The first-order valence-corrected chi connectivity index (χ1v) is 15.0. The number of aryl methyl sites for hydroxylation is 1. The number of aromatic nitrogens is 8. The number of hydrogen-bond acceptors (Lipinski definition) is 13. The van der Waals surface area contributed by atoms with Crippen LogP contribution in [-0.4, -0.2) is 96.3 Å². The number of ether oxygens (including phenoxy) is 1. The van der Waals surface area contributed by atoms with Crippen LogP contribution >= 0.6 is 23.5 Å². The lowest BCUT2D eigenvalue weighted by Gasteiger charge is -2.51. The summed E-state index contributed by atoms with van der Waals surface area (Å²) >= 11 is 2.64. The van der Waals surface area contributed by atoms with E-state index in [1.807, 2.05) is 60.7 Å². The summed E-state index contributed by atoms with van der Waals surface area (Å²) in [5.41, 5.74) is 2.22. The Morgan fingerprint density at radius 1 is 1.09 bits per heavy atom. The number of rotatable bonds is 10. The lowest BCUT2D eigenvalue weighted by Crippen LogP contribution is -2.71. The number of carbonyl (C=O) groups is 3. The second-order valence-electron chi connectivity index (χ2n) is 9.53. The Balaban J connectivity index is 1.29. The van der Waals surface area contributed by atoms with Crippen molar-refractivity contribution in [3.8, 4) is 0 Å². The smallest absolute Gasteiger partial charge is 0.356 e. The van der Waals surface area contributed by atoms with E-state index in [0.717, 1.165) is 15.8 Å². The van der Waals surface area contributed by atoms with Gasteiger partial charge in [-0.1, -0.05) is 72.4 Å². The predicted molar refractivity (Wildman–Crippen MR) is 151 cm³/mol. The van der Waals surface area contributed by atoms with Crippen LogP contribution in [0.1, 0.15) is 17.2 Å². The zero-order valence-electron chi connectivity index (χ0n) is 22.6. The van der Waals surface area contributed by atoms with E-state index in [1.54, 1.807) is 7.05 Å². The first-order chi connectivity index (χ1) is 20.9. The van der Waals surface area contributed by atoms with Crippen LogP contribution in [0.4, 0.5) is 0 Å². The normalized spacial score (nSPS) is 17.9. The third-order valence-corrected chi connectivity index (χ3v) is 9.23. The van der Waals surface area contributed by atoms with Crippen LogP contribution in [0.25, 0.3) is 0 Å². The number of esters is 1. The first kappa shape index (κ1) is 28.5. The lowest BCUT2D eigenvalue weighted by molar-refractivity contribution is -0.198. The molecule has 2 aliphatic heterocycles. The molecular weight excluding hydrogens is 596 g/mol. The van der Waals surface area contributed by atoms with Crippen molar-refractivity contribution < 1.29 is 24.3 Å². The van der Waals surface area contributed by atoms with Crippen molar-refractivity contribution in [3.63, 3.8) is 0 Å². The largest absolute Gasteiger partial charge is 0.448 e. The Morgan fingerprint density at radius 2 is 1.79 bits per heavy atom. The number of carbonyl (C=O) groups excluding carboxylic acids is 3. The maximum Gasteiger partial charge on any atom is 0.356 e. The fourth-order valence-electron chi connectivity index (χ4n) is 4.72. The van der Waals surface area contributed by atoms with Crippen molar-refractivity contribution in [2.75, 3.05) is 11.5 Å². The van der Waals surface area contributed by atoms with Gasteiger partial charge in [-0.15, -0.1) is 22.0 Å². The Hall–Kier alpha value is -4.61. The van der Waals surface area contributed by atoms with Crippen molar-refractivity contribution >= 4 is 41.3 Å². The molecule has 43 heavy (non-hydrogen) atoms. The topological polar surface area (TPSA) is 174 Å². The summed E-state index contributed by atoms with van der Waals surface area (Å²) in [5, 5.41) is 33.0. The molecule has 0 aliphatic carbocycles. The van der Waals surface area contributed by atoms with Crippen molar-refractivity contribution in [2.45, 2.75) is 29.2 Å². The van der Waals surface area contributed by atoms with E-state index in [9.17, 15) is 19.6 Å². The summed E-state index contributed by atoms with van der Waals surface area (Å²) in [7, 11) is 1.70. The quantitative estimate of drug-likeness (QED) is 0.0878. The molecule has 6 rings (SSSR count). The van der Waals surface area contributed by atoms with E-state index in [-0.39, 0.29) is 12.2 Å². The zero-order chi connectivity index (χ0) is 29.9. The molecule has 0 radical (unpaired) electrons. The second kappa shape index (κ2) is 12.3. The Labute approximate surface area is 252 Å². The van der Waals surface area contributed by atoms with Crippen LogP contribution in [0.15, 0.2) is 83.4 Å². The molecule has 15 nitrogen and oxygen atoms in total. The highest BCUT2D eigenvalue weighted by Crippen LogP contribution is 2.44. The summed E-state index contributed by atoms with van der Waals surface area (Å²) in [6.45, 7) is -0.362. The van der Waals surface area contributed by atoms with Crippen LogP contribution in [0.2, 0.25) is 0 Å². The predicted octanol–water partition coefficient (Wildman–Crippen LogP) is 1.08. The fraction of sp³-hybridized carbons (Fsp3) is 0.269. The minimum absolute atomic E-state index is 0.0748. The van der Waals surface area contributed by atoms with Crippen LogP contribution in [-0.2, 0) is 32.7 Å². The van der Waals surface area contributed by atoms with Crippen LogP contribution in [0.5, 0.6) is 0 Å². The monoisotopic (exact) mass is 620 g/mol. The van der Waals surface area contributed by atoms with Crippen molar-refractivity contribution in [2.24, 2.45) is 7.05 Å². The van der Waals surface area contributed by atoms with Gasteiger partial charge in [0.2, 0.25) is 5.16 Å².